The van der Waals surface area contributed by atoms with E-state index in [9.17, 15) is 0 Å². The highest BCUT2D eigenvalue weighted by Crippen LogP contribution is 2.19. The molecular weight excluding hydrogens is 276 g/mol. The monoisotopic (exact) mass is 304 g/mol. The van der Waals surface area contributed by atoms with Gasteiger partial charge < -0.3 is 14.5 Å². The summed E-state index contributed by atoms with van der Waals surface area (Å²) >= 11 is 0. The molecule has 0 aliphatic carbocycles. The summed E-state index contributed by atoms with van der Waals surface area (Å²) in [5.41, 5.74) is 0. The maximum atomic E-state index is 5.29. The van der Waals surface area contributed by atoms with Crippen LogP contribution < -0.4 is 9.64 Å². The first-order chi connectivity index (χ1) is 10.8. The Morgan fingerprint density at radius 2 is 1.64 bits per heavy atom. The molecule has 5 nitrogen and oxygen atoms in total. The van der Waals surface area contributed by atoms with Crippen LogP contribution in [0.25, 0.3) is 0 Å². The van der Waals surface area contributed by atoms with Gasteiger partial charge in [-0.15, -0.1) is 0 Å². The molecule has 0 radical (unpaired) electrons. The van der Waals surface area contributed by atoms with Crippen LogP contribution in [-0.2, 0) is 0 Å². The third-order valence-corrected chi connectivity index (χ3v) is 4.83. The van der Waals surface area contributed by atoms with Crippen LogP contribution in [0.2, 0.25) is 0 Å². The number of likely N-dealkylation sites (tertiary alicyclic amines) is 1. The molecule has 0 saturated carbocycles. The number of piperidine rings is 1. The Morgan fingerprint density at radius 1 is 0.955 bits per heavy atom. The smallest absolute Gasteiger partial charge is 0.132 e. The van der Waals surface area contributed by atoms with Crippen LogP contribution in [0.4, 0.5) is 5.82 Å². The van der Waals surface area contributed by atoms with Gasteiger partial charge in [-0.05, 0) is 32.0 Å². The molecule has 5 heteroatoms. The fourth-order valence-corrected chi connectivity index (χ4v) is 3.37. The molecule has 0 bridgehead atoms. The van der Waals surface area contributed by atoms with Crippen LogP contribution in [0, 0.1) is 0 Å². The van der Waals surface area contributed by atoms with E-state index in [2.05, 4.69) is 19.7 Å². The quantitative estimate of drug-likeness (QED) is 0.826. The summed E-state index contributed by atoms with van der Waals surface area (Å²) in [6, 6.07) is 3.93. The summed E-state index contributed by atoms with van der Waals surface area (Å²) in [5.74, 6) is 1.92. The Bertz CT molecular complexity index is 454. The molecule has 3 rings (SSSR count). The second kappa shape index (κ2) is 7.79. The molecule has 0 N–H and O–H groups in total. The van der Waals surface area contributed by atoms with Crippen LogP contribution >= 0.6 is 0 Å². The van der Waals surface area contributed by atoms with Gasteiger partial charge in [0.1, 0.15) is 11.6 Å². The summed E-state index contributed by atoms with van der Waals surface area (Å²) < 4.78 is 5.29. The fourth-order valence-electron chi connectivity index (χ4n) is 3.37. The number of anilines is 1. The molecule has 0 aromatic carbocycles. The number of rotatable bonds is 5. The standard InChI is InChI=1S/C17H28N4O/c1-22-16-5-6-18-17(15-16)21-13-11-20(12-14-21)10-9-19-7-3-2-4-8-19/h5-6,15H,2-4,7-14H2,1H3. The van der Waals surface area contributed by atoms with Gasteiger partial charge in [0.2, 0.25) is 0 Å². The molecule has 0 atom stereocenters. The highest BCUT2D eigenvalue weighted by Gasteiger charge is 2.19. The normalized spacial score (nSPS) is 21.0. The molecule has 2 aliphatic rings. The average Bonchev–Trinajstić information content (AvgIpc) is 2.61. The van der Waals surface area contributed by atoms with Crippen molar-refractivity contribution in [3.8, 4) is 5.75 Å². The predicted molar refractivity (Wildman–Crippen MR) is 89.7 cm³/mol. The minimum atomic E-state index is 0.887. The lowest BCUT2D eigenvalue weighted by atomic mass is 10.1. The van der Waals surface area contributed by atoms with E-state index in [1.807, 2.05) is 18.3 Å². The fraction of sp³-hybridized carbons (Fsp3) is 0.706. The maximum absolute atomic E-state index is 5.29. The molecule has 2 aliphatic heterocycles. The van der Waals surface area contributed by atoms with Crippen molar-refractivity contribution in [2.75, 3.05) is 64.4 Å². The number of hydrogen-bond donors (Lipinski definition) is 0. The van der Waals surface area contributed by atoms with E-state index in [0.29, 0.717) is 0 Å². The van der Waals surface area contributed by atoms with Gasteiger partial charge in [0.05, 0.1) is 7.11 Å². The van der Waals surface area contributed by atoms with E-state index in [-0.39, 0.29) is 0 Å². The van der Waals surface area contributed by atoms with Gasteiger partial charge in [0.25, 0.3) is 0 Å². The molecule has 1 aromatic heterocycles. The van der Waals surface area contributed by atoms with Crippen molar-refractivity contribution in [1.82, 2.24) is 14.8 Å². The Hall–Kier alpha value is -1.33. The first-order valence-electron chi connectivity index (χ1n) is 8.55. The average molecular weight is 304 g/mol. The SMILES string of the molecule is COc1ccnc(N2CCN(CCN3CCCCC3)CC2)c1. The Morgan fingerprint density at radius 3 is 2.32 bits per heavy atom. The van der Waals surface area contributed by atoms with Gasteiger partial charge in [-0.1, -0.05) is 6.42 Å². The first-order valence-corrected chi connectivity index (χ1v) is 8.55. The van der Waals surface area contributed by atoms with Gasteiger partial charge in [0.15, 0.2) is 0 Å². The molecule has 0 spiro atoms. The minimum Gasteiger partial charge on any atom is -0.497 e. The van der Waals surface area contributed by atoms with Crippen molar-refractivity contribution < 1.29 is 4.74 Å². The Labute approximate surface area is 133 Å². The van der Waals surface area contributed by atoms with Crippen molar-refractivity contribution >= 4 is 5.82 Å². The van der Waals surface area contributed by atoms with E-state index >= 15 is 0 Å². The van der Waals surface area contributed by atoms with E-state index < -0.39 is 0 Å². The highest BCUT2D eigenvalue weighted by molar-refractivity contribution is 5.43. The molecular formula is C17H28N4O. The number of nitrogens with zero attached hydrogens (tertiary/aromatic N) is 4. The lowest BCUT2D eigenvalue weighted by Crippen LogP contribution is -2.49. The minimum absolute atomic E-state index is 0.887. The van der Waals surface area contributed by atoms with Crippen molar-refractivity contribution in [2.24, 2.45) is 0 Å². The Balaban J connectivity index is 1.43. The van der Waals surface area contributed by atoms with Crippen LogP contribution in [0.3, 0.4) is 0 Å². The van der Waals surface area contributed by atoms with Crippen molar-refractivity contribution in [3.05, 3.63) is 18.3 Å². The van der Waals surface area contributed by atoms with Crippen LogP contribution in [0.5, 0.6) is 5.75 Å². The second-order valence-corrected chi connectivity index (χ2v) is 6.28. The van der Waals surface area contributed by atoms with Crippen molar-refractivity contribution in [3.63, 3.8) is 0 Å². The number of methoxy groups -OCH3 is 1. The highest BCUT2D eigenvalue weighted by atomic mass is 16.5. The van der Waals surface area contributed by atoms with Crippen molar-refractivity contribution in [1.29, 1.82) is 0 Å². The Kier molecular flexibility index (Phi) is 5.51. The second-order valence-electron chi connectivity index (χ2n) is 6.28. The summed E-state index contributed by atoms with van der Waals surface area (Å²) in [7, 11) is 1.71. The summed E-state index contributed by atoms with van der Waals surface area (Å²) in [6.07, 6.45) is 6.02. The maximum Gasteiger partial charge on any atom is 0.132 e. The molecule has 122 valence electrons. The molecule has 3 heterocycles. The molecule has 0 amide bonds. The molecule has 1 aromatic rings. The van der Waals surface area contributed by atoms with Crippen molar-refractivity contribution in [2.45, 2.75) is 19.3 Å². The number of piperazine rings is 1. The van der Waals surface area contributed by atoms with E-state index in [1.165, 1.54) is 45.4 Å². The third-order valence-electron chi connectivity index (χ3n) is 4.83. The van der Waals surface area contributed by atoms with E-state index in [4.69, 9.17) is 4.74 Å². The zero-order valence-corrected chi connectivity index (χ0v) is 13.7. The van der Waals surface area contributed by atoms with Crippen LogP contribution in [0.15, 0.2) is 18.3 Å². The number of hydrogen-bond acceptors (Lipinski definition) is 5. The zero-order chi connectivity index (χ0) is 15.2. The third kappa shape index (κ3) is 4.11. The topological polar surface area (TPSA) is 31.8 Å². The molecule has 22 heavy (non-hydrogen) atoms. The lowest BCUT2D eigenvalue weighted by molar-refractivity contribution is 0.176. The summed E-state index contributed by atoms with van der Waals surface area (Å²) in [6.45, 7) is 9.41. The summed E-state index contributed by atoms with van der Waals surface area (Å²) in [5, 5.41) is 0. The van der Waals surface area contributed by atoms with E-state index in [0.717, 1.165) is 37.7 Å². The molecule has 0 unspecified atom stereocenters. The number of pyridine rings is 1. The van der Waals surface area contributed by atoms with Crippen LogP contribution in [-0.4, -0.2) is 74.3 Å². The molecule has 2 fully saturated rings. The van der Waals surface area contributed by atoms with Gasteiger partial charge in [-0.3, -0.25) is 4.90 Å². The van der Waals surface area contributed by atoms with Gasteiger partial charge >= 0.3 is 0 Å². The summed E-state index contributed by atoms with van der Waals surface area (Å²) in [4.78, 5) is 12.0. The first kappa shape index (κ1) is 15.6. The van der Waals surface area contributed by atoms with Gasteiger partial charge in [-0.25, -0.2) is 4.98 Å². The number of ether oxygens (including phenoxy) is 1. The predicted octanol–water partition coefficient (Wildman–Crippen LogP) is 1.70. The van der Waals surface area contributed by atoms with Gasteiger partial charge in [-0.2, -0.15) is 0 Å². The van der Waals surface area contributed by atoms with Crippen LogP contribution in [0.1, 0.15) is 19.3 Å². The van der Waals surface area contributed by atoms with Gasteiger partial charge in [0, 0.05) is 51.5 Å². The number of aromatic nitrogens is 1. The lowest BCUT2D eigenvalue weighted by Gasteiger charge is -2.37. The largest absolute Gasteiger partial charge is 0.497 e. The van der Waals surface area contributed by atoms with E-state index in [1.54, 1.807) is 7.11 Å². The zero-order valence-electron chi connectivity index (χ0n) is 13.7. The molecule has 2 saturated heterocycles.